The number of nitrogens with one attached hydrogen (secondary N) is 1. The quantitative estimate of drug-likeness (QED) is 0.463. The number of hydroxylamine groups is 1. The van der Waals surface area contributed by atoms with Crippen LogP contribution in [0.1, 0.15) is 0 Å². The summed E-state index contributed by atoms with van der Waals surface area (Å²) in [5.41, 5.74) is 3.83. The summed E-state index contributed by atoms with van der Waals surface area (Å²) in [7, 11) is 0. The molecule has 46 valence electrons. The Morgan fingerprint density at radius 1 is 1.75 bits per heavy atom. The summed E-state index contributed by atoms with van der Waals surface area (Å²) >= 11 is 5.17. The molecular weight excluding hydrogens is 126 g/mol. The monoisotopic (exact) mass is 133 g/mol. The van der Waals surface area contributed by atoms with Gasteiger partial charge in [-0.05, 0) is 6.08 Å². The molecule has 0 aliphatic rings. The van der Waals surface area contributed by atoms with E-state index in [-0.39, 0.29) is 0 Å². The molecule has 0 atom stereocenters. The van der Waals surface area contributed by atoms with Crippen LogP contribution in [0.15, 0.2) is 24.4 Å². The SMILES string of the molecule is C=CNOCC=CCl. The number of hydrogen-bond donors (Lipinski definition) is 1. The Balaban J connectivity index is 2.82. The summed E-state index contributed by atoms with van der Waals surface area (Å²) in [6.07, 6.45) is 3.11. The van der Waals surface area contributed by atoms with E-state index in [2.05, 4.69) is 16.9 Å². The zero-order valence-corrected chi connectivity index (χ0v) is 5.19. The van der Waals surface area contributed by atoms with Gasteiger partial charge in [0.25, 0.3) is 0 Å². The van der Waals surface area contributed by atoms with Crippen LogP contribution in [0.2, 0.25) is 0 Å². The molecule has 0 heterocycles. The van der Waals surface area contributed by atoms with Crippen molar-refractivity contribution in [3.8, 4) is 0 Å². The standard InChI is InChI=1S/C5H8ClNO/c1-2-7-8-5-3-4-6/h2-4,7H,1,5H2. The van der Waals surface area contributed by atoms with Gasteiger partial charge < -0.3 is 0 Å². The molecule has 0 aliphatic carbocycles. The molecule has 0 aliphatic heterocycles. The van der Waals surface area contributed by atoms with Gasteiger partial charge in [-0.2, -0.15) is 0 Å². The van der Waals surface area contributed by atoms with E-state index < -0.39 is 0 Å². The second-order valence-electron chi connectivity index (χ2n) is 0.995. The maximum atomic E-state index is 5.17. The van der Waals surface area contributed by atoms with Crippen molar-refractivity contribution >= 4 is 11.6 Å². The molecule has 0 rings (SSSR count). The Morgan fingerprint density at radius 2 is 2.50 bits per heavy atom. The lowest BCUT2D eigenvalue weighted by molar-refractivity contribution is 0.0959. The topological polar surface area (TPSA) is 21.3 Å². The van der Waals surface area contributed by atoms with Gasteiger partial charge in [-0.15, -0.1) is 0 Å². The largest absolute Gasteiger partial charge is 0.275 e. The van der Waals surface area contributed by atoms with Gasteiger partial charge in [-0.3, -0.25) is 10.3 Å². The average Bonchev–Trinajstić information content (AvgIpc) is 1.81. The second kappa shape index (κ2) is 6.53. The third-order valence-electron chi connectivity index (χ3n) is 0.435. The molecule has 0 unspecified atom stereocenters. The highest BCUT2D eigenvalue weighted by Crippen LogP contribution is 1.76. The first-order chi connectivity index (χ1) is 3.91. The third kappa shape index (κ3) is 5.53. The molecular formula is C5H8ClNO. The summed E-state index contributed by atoms with van der Waals surface area (Å²) in [6.45, 7) is 3.82. The minimum atomic E-state index is 0.454. The highest BCUT2D eigenvalue weighted by atomic mass is 35.5. The molecule has 8 heavy (non-hydrogen) atoms. The molecule has 0 aromatic heterocycles. The lowest BCUT2D eigenvalue weighted by atomic mass is 10.7. The van der Waals surface area contributed by atoms with Gasteiger partial charge in [0.1, 0.15) is 0 Å². The first-order valence-corrected chi connectivity index (χ1v) is 2.59. The molecule has 0 spiro atoms. The van der Waals surface area contributed by atoms with E-state index in [1.54, 1.807) is 6.08 Å². The van der Waals surface area contributed by atoms with E-state index in [9.17, 15) is 0 Å². The van der Waals surface area contributed by atoms with E-state index in [0.29, 0.717) is 6.61 Å². The van der Waals surface area contributed by atoms with Crippen molar-refractivity contribution in [1.29, 1.82) is 0 Å². The number of rotatable bonds is 4. The smallest absolute Gasteiger partial charge is 0.0938 e. The van der Waals surface area contributed by atoms with Crippen molar-refractivity contribution < 1.29 is 4.84 Å². The number of hydrogen-bond acceptors (Lipinski definition) is 2. The van der Waals surface area contributed by atoms with E-state index in [1.807, 2.05) is 0 Å². The van der Waals surface area contributed by atoms with Crippen molar-refractivity contribution in [3.05, 3.63) is 24.4 Å². The van der Waals surface area contributed by atoms with E-state index >= 15 is 0 Å². The highest BCUT2D eigenvalue weighted by Gasteiger charge is 1.71. The van der Waals surface area contributed by atoms with E-state index in [1.165, 1.54) is 11.7 Å². The zero-order chi connectivity index (χ0) is 6.24. The molecule has 0 amide bonds. The summed E-state index contributed by atoms with van der Waals surface area (Å²) in [4.78, 5) is 4.68. The average molecular weight is 134 g/mol. The molecule has 0 bridgehead atoms. The van der Waals surface area contributed by atoms with Crippen LogP contribution in [0.3, 0.4) is 0 Å². The van der Waals surface area contributed by atoms with Crippen LogP contribution < -0.4 is 5.48 Å². The Labute approximate surface area is 53.7 Å². The molecule has 0 fully saturated rings. The Bertz CT molecular complexity index is 82.5. The predicted octanol–water partition coefficient (Wildman–Crippen LogP) is 1.40. The summed E-state index contributed by atoms with van der Waals surface area (Å²) in [5.74, 6) is 0. The van der Waals surface area contributed by atoms with Crippen molar-refractivity contribution in [2.75, 3.05) is 6.61 Å². The van der Waals surface area contributed by atoms with Gasteiger partial charge in [0.2, 0.25) is 0 Å². The van der Waals surface area contributed by atoms with Crippen molar-refractivity contribution in [2.24, 2.45) is 0 Å². The highest BCUT2D eigenvalue weighted by molar-refractivity contribution is 6.25. The summed E-state index contributed by atoms with van der Waals surface area (Å²) < 4.78 is 0. The first-order valence-electron chi connectivity index (χ1n) is 2.15. The van der Waals surface area contributed by atoms with Crippen LogP contribution >= 0.6 is 11.6 Å². The van der Waals surface area contributed by atoms with Crippen LogP contribution in [0.5, 0.6) is 0 Å². The zero-order valence-electron chi connectivity index (χ0n) is 4.43. The van der Waals surface area contributed by atoms with Gasteiger partial charge in [-0.1, -0.05) is 18.2 Å². The minimum Gasteiger partial charge on any atom is -0.275 e. The van der Waals surface area contributed by atoms with Gasteiger partial charge >= 0.3 is 0 Å². The molecule has 0 radical (unpaired) electrons. The molecule has 3 heteroatoms. The summed E-state index contributed by atoms with van der Waals surface area (Å²) in [5, 5.41) is 0. The molecule has 0 aromatic carbocycles. The Kier molecular flexibility index (Phi) is 6.15. The van der Waals surface area contributed by atoms with Crippen LogP contribution in [0.4, 0.5) is 0 Å². The van der Waals surface area contributed by atoms with Gasteiger partial charge in [0.05, 0.1) is 6.61 Å². The fourth-order valence-corrected chi connectivity index (χ4v) is 0.264. The minimum absolute atomic E-state index is 0.454. The molecule has 1 N–H and O–H groups in total. The molecule has 2 nitrogen and oxygen atoms in total. The van der Waals surface area contributed by atoms with Gasteiger partial charge in [0, 0.05) is 11.7 Å². The lowest BCUT2D eigenvalue weighted by Gasteiger charge is -1.93. The van der Waals surface area contributed by atoms with E-state index in [0.717, 1.165) is 0 Å². The number of halogens is 1. The van der Waals surface area contributed by atoms with E-state index in [4.69, 9.17) is 11.6 Å². The van der Waals surface area contributed by atoms with Crippen LogP contribution in [-0.4, -0.2) is 6.61 Å². The summed E-state index contributed by atoms with van der Waals surface area (Å²) in [6, 6.07) is 0. The van der Waals surface area contributed by atoms with Crippen molar-refractivity contribution in [2.45, 2.75) is 0 Å². The third-order valence-corrected chi connectivity index (χ3v) is 0.613. The van der Waals surface area contributed by atoms with Crippen molar-refractivity contribution in [1.82, 2.24) is 5.48 Å². The maximum absolute atomic E-state index is 5.17. The fourth-order valence-electron chi connectivity index (χ4n) is 0.192. The lowest BCUT2D eigenvalue weighted by Crippen LogP contribution is -2.04. The van der Waals surface area contributed by atoms with Crippen molar-refractivity contribution in [3.63, 3.8) is 0 Å². The molecule has 0 saturated carbocycles. The first kappa shape index (κ1) is 7.53. The van der Waals surface area contributed by atoms with Crippen LogP contribution in [0, 0.1) is 0 Å². The van der Waals surface area contributed by atoms with Gasteiger partial charge in [0.15, 0.2) is 0 Å². The van der Waals surface area contributed by atoms with Crippen LogP contribution in [-0.2, 0) is 4.84 Å². The fraction of sp³-hybridized carbons (Fsp3) is 0.200. The second-order valence-corrected chi connectivity index (χ2v) is 1.25. The normalized spacial score (nSPS) is 9.62. The van der Waals surface area contributed by atoms with Gasteiger partial charge in [-0.25, -0.2) is 0 Å². The molecule has 0 saturated heterocycles. The Hall–Kier alpha value is -0.470. The molecule has 0 aromatic rings. The maximum Gasteiger partial charge on any atom is 0.0938 e. The predicted molar refractivity (Wildman–Crippen MR) is 34.3 cm³/mol. The Morgan fingerprint density at radius 3 is 3.00 bits per heavy atom. The van der Waals surface area contributed by atoms with Crippen LogP contribution in [0.25, 0.3) is 0 Å².